The fourth-order valence-electron chi connectivity index (χ4n) is 1.54. The Kier molecular flexibility index (Phi) is 3.35. The summed E-state index contributed by atoms with van der Waals surface area (Å²) in [7, 11) is 1.35. The largest absolute Gasteiger partial charge is 0.465 e. The molecule has 0 bridgehead atoms. The van der Waals surface area contributed by atoms with Crippen molar-refractivity contribution in [2.75, 3.05) is 12.9 Å². The monoisotopic (exact) mass is 246 g/mol. The van der Waals surface area contributed by atoms with Gasteiger partial charge in [-0.25, -0.2) is 4.79 Å². The molecule has 0 unspecified atom stereocenters. The third-order valence-electron chi connectivity index (χ3n) is 2.28. The van der Waals surface area contributed by atoms with Gasteiger partial charge < -0.3 is 4.74 Å². The van der Waals surface area contributed by atoms with Crippen LogP contribution >= 0.6 is 12.6 Å². The first kappa shape index (κ1) is 11.6. The fourth-order valence-corrected chi connectivity index (χ4v) is 1.62. The third-order valence-corrected chi connectivity index (χ3v) is 2.43. The molecular formula is C12H10N2O2S. The van der Waals surface area contributed by atoms with Crippen LogP contribution in [0.2, 0.25) is 0 Å². The topological polar surface area (TPSA) is 55.0 Å². The van der Waals surface area contributed by atoms with Gasteiger partial charge in [0.05, 0.1) is 30.1 Å². The molecule has 0 aliphatic carbocycles. The van der Waals surface area contributed by atoms with Crippen LogP contribution in [0.5, 0.6) is 0 Å². The third kappa shape index (κ3) is 2.27. The normalized spacial score (nSPS) is 9.76. The molecule has 0 fully saturated rings. The number of nitrogens with one attached hydrogen (secondary N) is 1. The summed E-state index contributed by atoms with van der Waals surface area (Å²) in [4.78, 5) is 11.6. The highest BCUT2D eigenvalue weighted by Crippen LogP contribution is 2.19. The van der Waals surface area contributed by atoms with Gasteiger partial charge in [-0.05, 0) is 12.1 Å². The summed E-state index contributed by atoms with van der Waals surface area (Å²) in [5.41, 5.74) is 1.95. The van der Waals surface area contributed by atoms with Crippen LogP contribution in [0.25, 0.3) is 10.9 Å². The Balaban J connectivity index is 2.62. The second-order valence-electron chi connectivity index (χ2n) is 3.31. The van der Waals surface area contributed by atoms with Crippen LogP contribution in [0.4, 0.5) is 0 Å². The zero-order chi connectivity index (χ0) is 12.3. The molecule has 86 valence electrons. The standard InChI is InChI=1S/C12H10N2O2S/c1-16-12(15)9-5-8(3-2-4-17)6-11-10(9)7-13-14-11/h5-7,17H,4H2,1H3,(H,13,14). The minimum absolute atomic E-state index is 0.397. The van der Waals surface area contributed by atoms with Crippen molar-refractivity contribution in [1.82, 2.24) is 10.2 Å². The lowest BCUT2D eigenvalue weighted by atomic mass is 10.1. The van der Waals surface area contributed by atoms with Crippen LogP contribution in [0.1, 0.15) is 15.9 Å². The number of benzene rings is 1. The maximum Gasteiger partial charge on any atom is 0.338 e. The molecule has 1 aromatic heterocycles. The number of aromatic nitrogens is 2. The van der Waals surface area contributed by atoms with E-state index in [0.29, 0.717) is 11.3 Å². The molecule has 0 radical (unpaired) electrons. The summed E-state index contributed by atoms with van der Waals surface area (Å²) in [6, 6.07) is 3.53. The van der Waals surface area contributed by atoms with E-state index in [9.17, 15) is 4.79 Å². The molecule has 0 amide bonds. The molecule has 0 aliphatic rings. The van der Waals surface area contributed by atoms with Gasteiger partial charge in [-0.15, -0.1) is 0 Å². The van der Waals surface area contributed by atoms with Gasteiger partial charge in [0.2, 0.25) is 0 Å². The number of nitrogens with zero attached hydrogens (tertiary/aromatic N) is 1. The average molecular weight is 246 g/mol. The van der Waals surface area contributed by atoms with E-state index in [1.807, 2.05) is 6.07 Å². The molecule has 17 heavy (non-hydrogen) atoms. The van der Waals surface area contributed by atoms with Crippen molar-refractivity contribution in [3.63, 3.8) is 0 Å². The van der Waals surface area contributed by atoms with E-state index in [1.54, 1.807) is 12.3 Å². The van der Waals surface area contributed by atoms with Gasteiger partial charge in [-0.3, -0.25) is 5.10 Å². The van der Waals surface area contributed by atoms with Crippen molar-refractivity contribution in [3.8, 4) is 11.8 Å². The van der Waals surface area contributed by atoms with Crippen LogP contribution in [0.3, 0.4) is 0 Å². The number of hydrogen-bond acceptors (Lipinski definition) is 4. The van der Waals surface area contributed by atoms with Crippen molar-refractivity contribution in [2.45, 2.75) is 0 Å². The van der Waals surface area contributed by atoms with Crippen LogP contribution in [0, 0.1) is 11.8 Å². The molecule has 4 nitrogen and oxygen atoms in total. The molecule has 5 heteroatoms. The number of hydrogen-bond donors (Lipinski definition) is 2. The number of esters is 1. The van der Waals surface area contributed by atoms with Gasteiger partial charge in [0.15, 0.2) is 0 Å². The van der Waals surface area contributed by atoms with Crippen LogP contribution in [-0.2, 0) is 4.74 Å². The minimum Gasteiger partial charge on any atom is -0.465 e. The highest BCUT2D eigenvalue weighted by Gasteiger charge is 2.12. The second kappa shape index (κ2) is 4.93. The predicted octanol–water partition coefficient (Wildman–Crippen LogP) is 1.63. The molecule has 2 aromatic rings. The van der Waals surface area contributed by atoms with E-state index in [0.717, 1.165) is 16.5 Å². The lowest BCUT2D eigenvalue weighted by Crippen LogP contribution is -2.02. The van der Waals surface area contributed by atoms with E-state index in [-0.39, 0.29) is 0 Å². The quantitative estimate of drug-likeness (QED) is 0.457. The van der Waals surface area contributed by atoms with Crippen molar-refractivity contribution in [2.24, 2.45) is 0 Å². The number of carbonyl (C=O) groups is 1. The number of H-pyrrole nitrogens is 1. The van der Waals surface area contributed by atoms with Crippen LogP contribution in [-0.4, -0.2) is 29.0 Å². The number of carbonyl (C=O) groups excluding carboxylic acids is 1. The lowest BCUT2D eigenvalue weighted by molar-refractivity contribution is 0.0603. The maximum atomic E-state index is 11.6. The van der Waals surface area contributed by atoms with Crippen LogP contribution < -0.4 is 0 Å². The predicted molar refractivity (Wildman–Crippen MR) is 68.2 cm³/mol. The first-order valence-electron chi connectivity index (χ1n) is 4.91. The van der Waals surface area contributed by atoms with Crippen LogP contribution in [0.15, 0.2) is 18.3 Å². The summed E-state index contributed by atoms with van der Waals surface area (Å²) < 4.78 is 4.73. The van der Waals surface area contributed by atoms with Crippen molar-refractivity contribution in [3.05, 3.63) is 29.5 Å². The molecule has 0 saturated carbocycles. The summed E-state index contributed by atoms with van der Waals surface area (Å²) in [6.07, 6.45) is 1.59. The van der Waals surface area contributed by atoms with E-state index < -0.39 is 5.97 Å². The summed E-state index contributed by atoms with van der Waals surface area (Å²) >= 11 is 4.01. The van der Waals surface area contributed by atoms with Gasteiger partial charge in [0.25, 0.3) is 0 Å². The maximum absolute atomic E-state index is 11.6. The smallest absolute Gasteiger partial charge is 0.338 e. The zero-order valence-electron chi connectivity index (χ0n) is 9.15. The molecular weight excluding hydrogens is 236 g/mol. The lowest BCUT2D eigenvalue weighted by Gasteiger charge is -2.01. The molecule has 0 saturated heterocycles. The Morgan fingerprint density at radius 1 is 1.59 bits per heavy atom. The van der Waals surface area contributed by atoms with Gasteiger partial charge in [0.1, 0.15) is 0 Å². The number of rotatable bonds is 1. The molecule has 1 heterocycles. The molecule has 2 rings (SSSR count). The van der Waals surface area contributed by atoms with E-state index in [2.05, 4.69) is 34.7 Å². The number of fused-ring (bicyclic) bond motifs is 1. The average Bonchev–Trinajstić information content (AvgIpc) is 2.82. The van der Waals surface area contributed by atoms with E-state index in [1.165, 1.54) is 7.11 Å². The number of ether oxygens (including phenoxy) is 1. The molecule has 0 atom stereocenters. The number of aromatic amines is 1. The fraction of sp³-hybridized carbons (Fsp3) is 0.167. The summed E-state index contributed by atoms with van der Waals surface area (Å²) in [6.45, 7) is 0. The summed E-state index contributed by atoms with van der Waals surface area (Å²) in [5, 5.41) is 7.44. The Hall–Kier alpha value is -1.93. The van der Waals surface area contributed by atoms with Gasteiger partial charge in [0, 0.05) is 10.9 Å². The molecule has 1 N–H and O–H groups in total. The SMILES string of the molecule is COC(=O)c1cc(C#CCS)cc2[nH]ncc12. The highest BCUT2D eigenvalue weighted by atomic mass is 32.1. The molecule has 1 aromatic carbocycles. The Bertz CT molecular complexity index is 622. The van der Waals surface area contributed by atoms with Crippen molar-refractivity contribution >= 4 is 29.5 Å². The second-order valence-corrected chi connectivity index (χ2v) is 3.62. The number of thiol groups is 1. The minimum atomic E-state index is -0.397. The Morgan fingerprint density at radius 2 is 2.41 bits per heavy atom. The van der Waals surface area contributed by atoms with Crippen molar-refractivity contribution in [1.29, 1.82) is 0 Å². The first-order valence-corrected chi connectivity index (χ1v) is 5.54. The summed E-state index contributed by atoms with van der Waals surface area (Å²) in [5.74, 6) is 5.82. The van der Waals surface area contributed by atoms with Crippen molar-refractivity contribution < 1.29 is 9.53 Å². The molecule has 0 spiro atoms. The zero-order valence-corrected chi connectivity index (χ0v) is 10.0. The van der Waals surface area contributed by atoms with Gasteiger partial charge >= 0.3 is 5.97 Å². The van der Waals surface area contributed by atoms with Gasteiger partial charge in [-0.1, -0.05) is 11.8 Å². The number of methoxy groups -OCH3 is 1. The van der Waals surface area contributed by atoms with E-state index in [4.69, 9.17) is 4.74 Å². The first-order chi connectivity index (χ1) is 8.26. The Labute approximate surface area is 104 Å². The highest BCUT2D eigenvalue weighted by molar-refractivity contribution is 7.80. The Morgan fingerprint density at radius 3 is 3.12 bits per heavy atom. The van der Waals surface area contributed by atoms with Gasteiger partial charge in [-0.2, -0.15) is 17.7 Å². The van der Waals surface area contributed by atoms with E-state index >= 15 is 0 Å². The molecule has 0 aliphatic heterocycles.